The van der Waals surface area contributed by atoms with E-state index in [1.165, 1.54) is 17.7 Å². The van der Waals surface area contributed by atoms with E-state index in [-0.39, 0.29) is 11.7 Å². The summed E-state index contributed by atoms with van der Waals surface area (Å²) in [5.41, 5.74) is 3.21. The molecule has 1 aromatic heterocycles. The fourth-order valence-corrected chi connectivity index (χ4v) is 3.30. The number of aliphatic imine (C=N–C) groups is 1. The number of aromatic amines is 1. The van der Waals surface area contributed by atoms with E-state index < -0.39 is 0 Å². The Morgan fingerprint density at radius 2 is 1.93 bits per heavy atom. The minimum Gasteiger partial charge on any atom is -0.494 e. The van der Waals surface area contributed by atoms with Gasteiger partial charge in [0.2, 0.25) is 0 Å². The number of hydrogen-bond acceptors (Lipinski definition) is 4. The Kier molecular flexibility index (Phi) is 5.18. The Bertz CT molecular complexity index is 944. The predicted octanol–water partition coefficient (Wildman–Crippen LogP) is 3.64. The highest BCUT2D eigenvalue weighted by Crippen LogP contribution is 2.27. The van der Waals surface area contributed by atoms with Crippen LogP contribution in [0.4, 0.5) is 10.1 Å². The SMILES string of the molecule is Oc1[nH]c2ccc(F)cc2c1C=Nc1ccc(CCN2CCOCC2)cc1. The maximum atomic E-state index is 13.5. The molecule has 2 heterocycles. The molecule has 1 fully saturated rings. The number of benzene rings is 2. The molecule has 5 nitrogen and oxygen atoms in total. The molecule has 0 bridgehead atoms. The van der Waals surface area contributed by atoms with Crippen molar-refractivity contribution >= 4 is 22.8 Å². The third-order valence-corrected chi connectivity index (χ3v) is 4.88. The van der Waals surface area contributed by atoms with Gasteiger partial charge in [-0.25, -0.2) is 4.39 Å². The molecular formula is C21H22FN3O2. The maximum Gasteiger partial charge on any atom is 0.198 e. The average molecular weight is 367 g/mol. The second-order valence-corrected chi connectivity index (χ2v) is 6.71. The molecule has 0 atom stereocenters. The second kappa shape index (κ2) is 7.90. The zero-order valence-corrected chi connectivity index (χ0v) is 15.0. The van der Waals surface area contributed by atoms with Crippen LogP contribution < -0.4 is 0 Å². The second-order valence-electron chi connectivity index (χ2n) is 6.71. The van der Waals surface area contributed by atoms with Crippen LogP contribution in [0.5, 0.6) is 5.88 Å². The molecule has 1 aliphatic heterocycles. The number of nitrogens with zero attached hydrogens (tertiary/aromatic N) is 2. The number of ether oxygens (including phenoxy) is 1. The minimum absolute atomic E-state index is 0.0125. The van der Waals surface area contributed by atoms with E-state index in [1.807, 2.05) is 12.1 Å². The van der Waals surface area contributed by atoms with Gasteiger partial charge >= 0.3 is 0 Å². The molecule has 0 amide bonds. The Morgan fingerprint density at radius 3 is 2.70 bits per heavy atom. The zero-order chi connectivity index (χ0) is 18.6. The average Bonchev–Trinajstić information content (AvgIpc) is 3.01. The van der Waals surface area contributed by atoms with Crippen LogP contribution in [-0.2, 0) is 11.2 Å². The Labute approximate surface area is 157 Å². The van der Waals surface area contributed by atoms with Crippen molar-refractivity contribution in [2.45, 2.75) is 6.42 Å². The van der Waals surface area contributed by atoms with Crippen molar-refractivity contribution < 1.29 is 14.2 Å². The summed E-state index contributed by atoms with van der Waals surface area (Å²) in [7, 11) is 0. The van der Waals surface area contributed by atoms with Gasteiger partial charge < -0.3 is 14.8 Å². The highest BCUT2D eigenvalue weighted by Gasteiger charge is 2.11. The van der Waals surface area contributed by atoms with Gasteiger partial charge in [-0.1, -0.05) is 12.1 Å². The number of hydrogen-bond donors (Lipinski definition) is 2. The molecule has 1 saturated heterocycles. The monoisotopic (exact) mass is 367 g/mol. The largest absolute Gasteiger partial charge is 0.494 e. The van der Waals surface area contributed by atoms with Gasteiger partial charge in [0.25, 0.3) is 0 Å². The molecule has 140 valence electrons. The lowest BCUT2D eigenvalue weighted by molar-refractivity contribution is 0.0384. The summed E-state index contributed by atoms with van der Waals surface area (Å²) in [6, 6.07) is 12.4. The molecule has 0 saturated carbocycles. The summed E-state index contributed by atoms with van der Waals surface area (Å²) in [6.07, 6.45) is 2.56. The normalized spacial score (nSPS) is 15.7. The molecule has 0 unspecified atom stereocenters. The van der Waals surface area contributed by atoms with Gasteiger partial charge in [0, 0.05) is 36.8 Å². The number of aromatic nitrogens is 1. The first-order valence-corrected chi connectivity index (χ1v) is 9.12. The van der Waals surface area contributed by atoms with Gasteiger partial charge in [-0.15, -0.1) is 0 Å². The standard InChI is InChI=1S/C21H22FN3O2/c22-16-3-6-20-18(13-16)19(21(26)24-20)14-23-17-4-1-15(2-5-17)7-8-25-9-11-27-12-10-25/h1-6,13-14,24,26H,7-12H2. The Balaban J connectivity index is 1.44. The summed E-state index contributed by atoms with van der Waals surface area (Å²) >= 11 is 0. The third-order valence-electron chi connectivity index (χ3n) is 4.88. The van der Waals surface area contributed by atoms with Crippen molar-refractivity contribution in [1.29, 1.82) is 0 Å². The lowest BCUT2D eigenvalue weighted by Crippen LogP contribution is -2.37. The number of rotatable bonds is 5. The quantitative estimate of drug-likeness (QED) is 0.677. The summed E-state index contributed by atoms with van der Waals surface area (Å²) in [5, 5.41) is 10.7. The molecule has 27 heavy (non-hydrogen) atoms. The lowest BCUT2D eigenvalue weighted by atomic mass is 10.1. The van der Waals surface area contributed by atoms with E-state index in [9.17, 15) is 9.50 Å². The van der Waals surface area contributed by atoms with Crippen LogP contribution >= 0.6 is 0 Å². The number of fused-ring (bicyclic) bond motifs is 1. The zero-order valence-electron chi connectivity index (χ0n) is 15.0. The molecule has 0 spiro atoms. The Hall–Kier alpha value is -2.70. The van der Waals surface area contributed by atoms with E-state index in [4.69, 9.17) is 4.74 Å². The van der Waals surface area contributed by atoms with Crippen molar-refractivity contribution in [3.05, 3.63) is 59.4 Å². The van der Waals surface area contributed by atoms with Crippen LogP contribution in [0.25, 0.3) is 10.9 Å². The summed E-state index contributed by atoms with van der Waals surface area (Å²) in [6.45, 7) is 4.66. The van der Waals surface area contributed by atoms with Gasteiger partial charge in [-0.3, -0.25) is 9.89 Å². The highest BCUT2D eigenvalue weighted by atomic mass is 19.1. The minimum atomic E-state index is -0.347. The molecule has 0 radical (unpaired) electrons. The van der Waals surface area contributed by atoms with Gasteiger partial charge in [0.15, 0.2) is 5.88 Å². The van der Waals surface area contributed by atoms with Crippen LogP contribution in [0.1, 0.15) is 11.1 Å². The number of nitrogens with one attached hydrogen (secondary N) is 1. The molecule has 0 aliphatic carbocycles. The Morgan fingerprint density at radius 1 is 1.15 bits per heavy atom. The van der Waals surface area contributed by atoms with Crippen molar-refractivity contribution in [3.63, 3.8) is 0 Å². The number of aromatic hydroxyl groups is 1. The molecule has 1 aliphatic rings. The smallest absolute Gasteiger partial charge is 0.198 e. The van der Waals surface area contributed by atoms with Crippen molar-refractivity contribution in [3.8, 4) is 5.88 Å². The third kappa shape index (κ3) is 4.18. The van der Waals surface area contributed by atoms with Gasteiger partial charge in [-0.2, -0.15) is 0 Å². The van der Waals surface area contributed by atoms with E-state index >= 15 is 0 Å². The fourth-order valence-electron chi connectivity index (χ4n) is 3.30. The van der Waals surface area contributed by atoms with Crippen LogP contribution in [0.2, 0.25) is 0 Å². The first-order chi connectivity index (χ1) is 13.2. The van der Waals surface area contributed by atoms with Gasteiger partial charge in [0.05, 0.1) is 24.5 Å². The maximum absolute atomic E-state index is 13.5. The number of morpholine rings is 1. The molecule has 2 N–H and O–H groups in total. The summed E-state index contributed by atoms with van der Waals surface area (Å²) in [5.74, 6) is -0.359. The molecule has 4 rings (SSSR count). The van der Waals surface area contributed by atoms with Gasteiger partial charge in [0.1, 0.15) is 5.82 Å². The topological polar surface area (TPSA) is 60.8 Å². The predicted molar refractivity (Wildman–Crippen MR) is 105 cm³/mol. The highest BCUT2D eigenvalue weighted by molar-refractivity contribution is 6.02. The molecule has 2 aromatic carbocycles. The van der Waals surface area contributed by atoms with Crippen LogP contribution in [0.15, 0.2) is 47.5 Å². The van der Waals surface area contributed by atoms with Crippen molar-refractivity contribution in [1.82, 2.24) is 9.88 Å². The van der Waals surface area contributed by atoms with Crippen LogP contribution in [0, 0.1) is 5.82 Å². The summed E-state index contributed by atoms with van der Waals surface area (Å²) < 4.78 is 18.9. The lowest BCUT2D eigenvalue weighted by Gasteiger charge is -2.26. The van der Waals surface area contributed by atoms with Crippen molar-refractivity contribution in [2.24, 2.45) is 4.99 Å². The molecule has 6 heteroatoms. The first kappa shape index (κ1) is 17.7. The van der Waals surface area contributed by atoms with E-state index in [0.29, 0.717) is 16.5 Å². The van der Waals surface area contributed by atoms with E-state index in [2.05, 4.69) is 27.0 Å². The fraction of sp³-hybridized carbons (Fsp3) is 0.286. The van der Waals surface area contributed by atoms with E-state index in [1.54, 1.807) is 12.3 Å². The van der Waals surface area contributed by atoms with Crippen molar-refractivity contribution in [2.75, 3.05) is 32.8 Å². The molecule has 3 aromatic rings. The molecular weight excluding hydrogens is 345 g/mol. The van der Waals surface area contributed by atoms with Crippen LogP contribution in [-0.4, -0.2) is 54.1 Å². The summed E-state index contributed by atoms with van der Waals surface area (Å²) in [4.78, 5) is 9.67. The first-order valence-electron chi connectivity index (χ1n) is 9.12. The van der Waals surface area contributed by atoms with Gasteiger partial charge in [-0.05, 0) is 42.3 Å². The van der Waals surface area contributed by atoms with Crippen LogP contribution in [0.3, 0.4) is 0 Å². The number of H-pyrrole nitrogens is 1. The number of halogens is 1. The van der Waals surface area contributed by atoms with E-state index in [0.717, 1.165) is 45.0 Å².